The van der Waals surface area contributed by atoms with Gasteiger partial charge in [0.15, 0.2) is 0 Å². The number of aromatic amines is 2. The molecule has 3 aromatic heterocycles. The van der Waals surface area contributed by atoms with Crippen molar-refractivity contribution in [2.75, 3.05) is 0 Å². The van der Waals surface area contributed by atoms with E-state index in [1.165, 1.54) is 6.07 Å². The molecule has 0 spiro atoms. The average molecular weight is 300 g/mol. The molecule has 0 unspecified atom stereocenters. The number of nitrogens with one attached hydrogen (secondary N) is 2. The van der Waals surface area contributed by atoms with E-state index in [1.54, 1.807) is 6.92 Å². The number of rotatable bonds is 0. The van der Waals surface area contributed by atoms with Gasteiger partial charge in [-0.1, -0.05) is 0 Å². The van der Waals surface area contributed by atoms with E-state index >= 15 is 0 Å². The zero-order valence-corrected chi connectivity index (χ0v) is 10.8. The fourth-order valence-corrected chi connectivity index (χ4v) is 3.31. The molecule has 0 saturated heterocycles. The molecule has 4 nitrogen and oxygen atoms in total. The fraction of sp³-hybridized carbons (Fsp3) is 0.167. The maximum absolute atomic E-state index is 13.1. The lowest BCUT2D eigenvalue weighted by molar-refractivity contribution is -0.136. The monoisotopic (exact) mass is 300 g/mol. The second kappa shape index (κ2) is 3.95. The third-order valence-electron chi connectivity index (χ3n) is 2.95. The van der Waals surface area contributed by atoms with E-state index < -0.39 is 22.9 Å². The molecule has 20 heavy (non-hydrogen) atoms. The molecule has 0 radical (unpaired) electrons. The van der Waals surface area contributed by atoms with Crippen molar-refractivity contribution in [1.82, 2.24) is 9.97 Å². The van der Waals surface area contributed by atoms with Gasteiger partial charge in [-0.2, -0.15) is 13.2 Å². The summed E-state index contributed by atoms with van der Waals surface area (Å²) in [6, 6.07) is 1.82. The van der Waals surface area contributed by atoms with Crippen LogP contribution >= 0.6 is 11.3 Å². The van der Waals surface area contributed by atoms with Crippen LogP contribution < -0.4 is 11.1 Å². The van der Waals surface area contributed by atoms with Crippen LogP contribution in [-0.4, -0.2) is 9.97 Å². The lowest BCUT2D eigenvalue weighted by Gasteiger charge is -2.07. The summed E-state index contributed by atoms with van der Waals surface area (Å²) in [5.41, 5.74) is -1.66. The van der Waals surface area contributed by atoms with E-state index in [0.29, 0.717) is 16.3 Å². The van der Waals surface area contributed by atoms with Gasteiger partial charge in [-0.05, 0) is 12.5 Å². The van der Waals surface area contributed by atoms with Crippen molar-refractivity contribution in [3.63, 3.8) is 0 Å². The zero-order chi connectivity index (χ0) is 14.7. The smallest absolute Gasteiger partial charge is 0.321 e. The Balaban J connectivity index is 2.64. The molecule has 2 N–H and O–H groups in total. The molecular formula is C12H7F3N2O2S. The molecule has 0 amide bonds. The second-order valence-electron chi connectivity index (χ2n) is 4.37. The standard InChI is InChI=1S/C12H7F3N2O2S/c1-4-2-6(18)16-9-8-5(12(13,14)15)3-7(19)17-11(8)20-10(4)9/h2-3H,1H3,(H,16,18)(H,17,19). The van der Waals surface area contributed by atoms with Gasteiger partial charge in [0, 0.05) is 17.5 Å². The minimum Gasteiger partial charge on any atom is -0.321 e. The number of H-pyrrole nitrogens is 2. The van der Waals surface area contributed by atoms with Gasteiger partial charge in [0.2, 0.25) is 11.1 Å². The van der Waals surface area contributed by atoms with Gasteiger partial charge in [0.05, 0.1) is 15.8 Å². The van der Waals surface area contributed by atoms with E-state index in [1.807, 2.05) is 0 Å². The number of fused-ring (bicyclic) bond motifs is 3. The molecule has 104 valence electrons. The molecule has 0 bridgehead atoms. The van der Waals surface area contributed by atoms with E-state index in [0.717, 1.165) is 11.3 Å². The normalized spacial score (nSPS) is 12.4. The van der Waals surface area contributed by atoms with Crippen LogP contribution in [0.15, 0.2) is 21.7 Å². The number of alkyl halides is 3. The predicted molar refractivity (Wildman–Crippen MR) is 70.3 cm³/mol. The van der Waals surface area contributed by atoms with Crippen LogP contribution in [0.5, 0.6) is 0 Å². The SMILES string of the molecule is Cc1cc(=O)[nH]c2c1sc1[nH]c(=O)cc(C(F)(F)F)c12. The van der Waals surface area contributed by atoms with Crippen molar-refractivity contribution in [2.24, 2.45) is 0 Å². The number of thiophene rings is 1. The van der Waals surface area contributed by atoms with Crippen molar-refractivity contribution in [3.05, 3.63) is 44.0 Å². The lowest BCUT2D eigenvalue weighted by atomic mass is 10.1. The van der Waals surface area contributed by atoms with Gasteiger partial charge >= 0.3 is 6.18 Å². The van der Waals surface area contributed by atoms with E-state index in [9.17, 15) is 22.8 Å². The maximum Gasteiger partial charge on any atom is 0.417 e. The topological polar surface area (TPSA) is 65.7 Å². The van der Waals surface area contributed by atoms with E-state index in [-0.39, 0.29) is 15.7 Å². The zero-order valence-electron chi connectivity index (χ0n) is 10.0. The average Bonchev–Trinajstić information content (AvgIpc) is 2.65. The Kier molecular flexibility index (Phi) is 2.55. The summed E-state index contributed by atoms with van der Waals surface area (Å²) in [7, 11) is 0. The molecule has 3 aromatic rings. The molecule has 0 aliphatic rings. The fourth-order valence-electron chi connectivity index (χ4n) is 2.17. The minimum atomic E-state index is -4.67. The molecule has 8 heteroatoms. The summed E-state index contributed by atoms with van der Waals surface area (Å²) < 4.78 is 39.7. The molecule has 3 heterocycles. The summed E-state index contributed by atoms with van der Waals surface area (Å²) in [5, 5.41) is -0.169. The molecule has 0 aromatic carbocycles. The van der Waals surface area contributed by atoms with Gasteiger partial charge in [-0.3, -0.25) is 9.59 Å². The summed E-state index contributed by atoms with van der Waals surface area (Å²) in [5.74, 6) is 0. The summed E-state index contributed by atoms with van der Waals surface area (Å²) in [4.78, 5) is 27.7. The molecule has 0 atom stereocenters. The Hall–Kier alpha value is -2.09. The van der Waals surface area contributed by atoms with Crippen LogP contribution in [0.1, 0.15) is 11.1 Å². The van der Waals surface area contributed by atoms with Crippen molar-refractivity contribution >= 4 is 31.8 Å². The number of aryl methyl sites for hydroxylation is 1. The van der Waals surface area contributed by atoms with Crippen LogP contribution in [0.4, 0.5) is 13.2 Å². The molecular weight excluding hydrogens is 293 g/mol. The van der Waals surface area contributed by atoms with Crippen LogP contribution in [-0.2, 0) is 6.18 Å². The van der Waals surface area contributed by atoms with Gasteiger partial charge in [0.25, 0.3) is 0 Å². The highest BCUT2D eigenvalue weighted by molar-refractivity contribution is 7.25. The first-order valence-electron chi connectivity index (χ1n) is 5.54. The highest BCUT2D eigenvalue weighted by atomic mass is 32.1. The quantitative estimate of drug-likeness (QED) is 0.670. The Labute approximate surface area is 112 Å². The van der Waals surface area contributed by atoms with Crippen LogP contribution in [0.25, 0.3) is 20.4 Å². The van der Waals surface area contributed by atoms with Gasteiger partial charge in [-0.15, -0.1) is 11.3 Å². The lowest BCUT2D eigenvalue weighted by Crippen LogP contribution is -2.13. The molecule has 0 aliphatic carbocycles. The first-order valence-corrected chi connectivity index (χ1v) is 6.35. The minimum absolute atomic E-state index is 0.102. The summed E-state index contributed by atoms with van der Waals surface area (Å²) >= 11 is 1.02. The Bertz CT molecular complexity index is 949. The van der Waals surface area contributed by atoms with Gasteiger partial charge < -0.3 is 9.97 Å². The highest BCUT2D eigenvalue weighted by Gasteiger charge is 2.35. The first kappa shape index (κ1) is 12.9. The molecule has 0 fully saturated rings. The van der Waals surface area contributed by atoms with Crippen molar-refractivity contribution in [2.45, 2.75) is 13.1 Å². The summed E-state index contributed by atoms with van der Waals surface area (Å²) in [6.07, 6.45) is -4.67. The first-order chi connectivity index (χ1) is 9.27. The Morgan fingerprint density at radius 2 is 1.75 bits per heavy atom. The largest absolute Gasteiger partial charge is 0.417 e. The summed E-state index contributed by atoms with van der Waals surface area (Å²) in [6.45, 7) is 1.64. The maximum atomic E-state index is 13.1. The van der Waals surface area contributed by atoms with Crippen molar-refractivity contribution < 1.29 is 13.2 Å². The number of hydrogen-bond acceptors (Lipinski definition) is 3. The van der Waals surface area contributed by atoms with Crippen molar-refractivity contribution in [3.8, 4) is 0 Å². The predicted octanol–water partition coefficient (Wildman–Crippen LogP) is 2.76. The Morgan fingerprint density at radius 1 is 1.10 bits per heavy atom. The number of hydrogen-bond donors (Lipinski definition) is 2. The Morgan fingerprint density at radius 3 is 2.40 bits per heavy atom. The van der Waals surface area contributed by atoms with Gasteiger partial charge in [0.1, 0.15) is 4.83 Å². The second-order valence-corrected chi connectivity index (χ2v) is 5.39. The van der Waals surface area contributed by atoms with Crippen molar-refractivity contribution in [1.29, 1.82) is 0 Å². The highest BCUT2D eigenvalue weighted by Crippen LogP contribution is 2.40. The molecule has 3 rings (SSSR count). The third-order valence-corrected chi connectivity index (χ3v) is 4.19. The van der Waals surface area contributed by atoms with E-state index in [4.69, 9.17) is 0 Å². The number of aromatic nitrogens is 2. The van der Waals surface area contributed by atoms with Crippen LogP contribution in [0.2, 0.25) is 0 Å². The molecule has 0 aliphatic heterocycles. The van der Waals surface area contributed by atoms with Gasteiger partial charge in [-0.25, -0.2) is 0 Å². The van der Waals surface area contributed by atoms with Crippen LogP contribution in [0, 0.1) is 6.92 Å². The number of pyridine rings is 2. The number of halogens is 3. The molecule has 0 saturated carbocycles. The van der Waals surface area contributed by atoms with E-state index in [2.05, 4.69) is 9.97 Å². The van der Waals surface area contributed by atoms with Crippen LogP contribution in [0.3, 0.4) is 0 Å². The third kappa shape index (κ3) is 1.83.